The zero-order valence-corrected chi connectivity index (χ0v) is 14.0. The van der Waals surface area contributed by atoms with Gasteiger partial charge < -0.3 is 29.6 Å². The summed E-state index contributed by atoms with van der Waals surface area (Å²) in [5.74, 6) is 2.27. The Morgan fingerprint density at radius 2 is 1.29 bits per heavy atom. The number of hydrogen-bond donors (Lipinski definition) is 2. The minimum absolute atomic E-state index is 0.405. The molecule has 0 heterocycles. The van der Waals surface area contributed by atoms with Gasteiger partial charge in [-0.3, -0.25) is 0 Å². The van der Waals surface area contributed by atoms with Crippen LogP contribution in [0.3, 0.4) is 0 Å². The van der Waals surface area contributed by atoms with E-state index in [1.165, 1.54) is 7.11 Å². The number of carbonyl (C=O) groups excluding carboxylic acids is 1. The number of carbonyl (C=O) groups is 1. The predicted molar refractivity (Wildman–Crippen MR) is 91.7 cm³/mol. The highest BCUT2D eigenvalue weighted by molar-refractivity contribution is 6.00. The fourth-order valence-corrected chi connectivity index (χ4v) is 2.09. The Labute approximate surface area is 140 Å². The van der Waals surface area contributed by atoms with Gasteiger partial charge in [0.25, 0.3) is 0 Å². The van der Waals surface area contributed by atoms with E-state index >= 15 is 0 Å². The standard InChI is InChI=1S/C17H20N2O5/c1-21-13-7-12(8-14(10-13)22-2)19-17(20)18-11-5-6-15(23-3)16(9-11)24-4/h5-10H,1-4H3,(H2,18,19,20). The molecular weight excluding hydrogens is 312 g/mol. The van der Waals surface area contributed by atoms with Crippen molar-refractivity contribution in [3.8, 4) is 23.0 Å². The third kappa shape index (κ3) is 4.22. The number of ether oxygens (including phenoxy) is 4. The molecule has 0 unspecified atom stereocenters. The smallest absolute Gasteiger partial charge is 0.323 e. The van der Waals surface area contributed by atoms with E-state index in [0.717, 1.165) is 0 Å². The van der Waals surface area contributed by atoms with Crippen LogP contribution >= 0.6 is 0 Å². The number of anilines is 2. The fourth-order valence-electron chi connectivity index (χ4n) is 2.09. The molecule has 0 saturated carbocycles. The minimum atomic E-state index is -0.405. The second kappa shape index (κ2) is 7.96. The van der Waals surface area contributed by atoms with Gasteiger partial charge in [0.05, 0.1) is 28.4 Å². The topological polar surface area (TPSA) is 78.1 Å². The Bertz CT molecular complexity index is 696. The van der Waals surface area contributed by atoms with Gasteiger partial charge in [0, 0.05) is 35.6 Å². The average molecular weight is 332 g/mol. The summed E-state index contributed by atoms with van der Waals surface area (Å²) < 4.78 is 20.7. The van der Waals surface area contributed by atoms with E-state index in [-0.39, 0.29) is 0 Å². The molecule has 7 nitrogen and oxygen atoms in total. The summed E-state index contributed by atoms with van der Waals surface area (Å²) in [5.41, 5.74) is 1.11. The normalized spacial score (nSPS) is 9.83. The minimum Gasteiger partial charge on any atom is -0.497 e. The first-order chi connectivity index (χ1) is 11.6. The number of hydrogen-bond acceptors (Lipinski definition) is 5. The number of amides is 2. The number of benzene rings is 2. The molecule has 2 aromatic carbocycles. The summed E-state index contributed by atoms with van der Waals surface area (Å²) in [4.78, 5) is 12.2. The second-order valence-corrected chi connectivity index (χ2v) is 4.75. The first-order valence-electron chi connectivity index (χ1n) is 7.12. The highest BCUT2D eigenvalue weighted by Crippen LogP contribution is 2.30. The van der Waals surface area contributed by atoms with Crippen molar-refractivity contribution in [3.05, 3.63) is 36.4 Å². The van der Waals surface area contributed by atoms with Crippen molar-refractivity contribution in [1.29, 1.82) is 0 Å². The zero-order valence-electron chi connectivity index (χ0n) is 14.0. The van der Waals surface area contributed by atoms with Crippen molar-refractivity contribution in [1.82, 2.24) is 0 Å². The Balaban J connectivity index is 2.11. The molecule has 2 N–H and O–H groups in total. The number of rotatable bonds is 6. The molecule has 128 valence electrons. The molecular formula is C17H20N2O5. The molecule has 0 aromatic heterocycles. The van der Waals surface area contributed by atoms with Crippen LogP contribution in [-0.2, 0) is 0 Å². The van der Waals surface area contributed by atoms with Gasteiger partial charge in [0.15, 0.2) is 11.5 Å². The van der Waals surface area contributed by atoms with E-state index in [9.17, 15) is 4.79 Å². The number of nitrogens with one attached hydrogen (secondary N) is 2. The molecule has 7 heteroatoms. The van der Waals surface area contributed by atoms with Crippen LogP contribution in [0.25, 0.3) is 0 Å². The molecule has 2 amide bonds. The lowest BCUT2D eigenvalue weighted by atomic mass is 10.2. The van der Waals surface area contributed by atoms with Gasteiger partial charge in [0.2, 0.25) is 0 Å². The van der Waals surface area contributed by atoms with E-state index in [1.807, 2.05) is 0 Å². The van der Waals surface area contributed by atoms with Crippen LogP contribution in [0, 0.1) is 0 Å². The SMILES string of the molecule is COc1cc(NC(=O)Nc2ccc(OC)c(OC)c2)cc(OC)c1. The zero-order chi connectivity index (χ0) is 17.5. The van der Waals surface area contributed by atoms with Gasteiger partial charge in [-0.05, 0) is 12.1 Å². The Morgan fingerprint density at radius 1 is 0.708 bits per heavy atom. The molecule has 0 atom stereocenters. The van der Waals surface area contributed by atoms with Crippen molar-refractivity contribution in [2.45, 2.75) is 0 Å². The number of methoxy groups -OCH3 is 4. The van der Waals surface area contributed by atoms with E-state index in [0.29, 0.717) is 34.4 Å². The summed E-state index contributed by atoms with van der Waals surface area (Å²) in [6.45, 7) is 0. The van der Waals surface area contributed by atoms with Gasteiger partial charge in [-0.1, -0.05) is 0 Å². The molecule has 24 heavy (non-hydrogen) atoms. The first kappa shape index (κ1) is 17.3. The third-order valence-electron chi connectivity index (χ3n) is 3.25. The van der Waals surface area contributed by atoms with Gasteiger partial charge in [-0.15, -0.1) is 0 Å². The van der Waals surface area contributed by atoms with Crippen molar-refractivity contribution < 1.29 is 23.7 Å². The average Bonchev–Trinajstić information content (AvgIpc) is 2.60. The van der Waals surface area contributed by atoms with Gasteiger partial charge in [-0.2, -0.15) is 0 Å². The summed E-state index contributed by atoms with van der Waals surface area (Å²) in [5, 5.41) is 5.45. The largest absolute Gasteiger partial charge is 0.497 e. The summed E-state index contributed by atoms with van der Waals surface area (Å²) >= 11 is 0. The summed E-state index contributed by atoms with van der Waals surface area (Å²) in [6.07, 6.45) is 0. The van der Waals surface area contributed by atoms with E-state index < -0.39 is 6.03 Å². The van der Waals surface area contributed by atoms with Crippen LogP contribution in [0.2, 0.25) is 0 Å². The Kier molecular flexibility index (Phi) is 5.73. The van der Waals surface area contributed by atoms with E-state index in [4.69, 9.17) is 18.9 Å². The van der Waals surface area contributed by atoms with Gasteiger partial charge in [-0.25, -0.2) is 4.79 Å². The molecule has 0 saturated heterocycles. The van der Waals surface area contributed by atoms with Gasteiger partial charge >= 0.3 is 6.03 Å². The fraction of sp³-hybridized carbons (Fsp3) is 0.235. The molecule has 2 aromatic rings. The van der Waals surface area contributed by atoms with Crippen molar-refractivity contribution in [2.24, 2.45) is 0 Å². The third-order valence-corrected chi connectivity index (χ3v) is 3.25. The maximum atomic E-state index is 12.2. The lowest BCUT2D eigenvalue weighted by molar-refractivity contribution is 0.262. The quantitative estimate of drug-likeness (QED) is 0.848. The maximum absolute atomic E-state index is 12.2. The lowest BCUT2D eigenvalue weighted by Crippen LogP contribution is -2.19. The van der Waals surface area contributed by atoms with E-state index in [1.54, 1.807) is 57.7 Å². The van der Waals surface area contributed by atoms with Crippen molar-refractivity contribution >= 4 is 17.4 Å². The maximum Gasteiger partial charge on any atom is 0.323 e. The van der Waals surface area contributed by atoms with Crippen molar-refractivity contribution in [2.75, 3.05) is 39.1 Å². The Morgan fingerprint density at radius 3 is 1.83 bits per heavy atom. The van der Waals surface area contributed by atoms with Crippen LogP contribution in [0.1, 0.15) is 0 Å². The highest BCUT2D eigenvalue weighted by atomic mass is 16.5. The molecule has 0 spiro atoms. The van der Waals surface area contributed by atoms with Crippen LogP contribution in [0.5, 0.6) is 23.0 Å². The predicted octanol–water partition coefficient (Wildman–Crippen LogP) is 3.37. The van der Waals surface area contributed by atoms with Crippen LogP contribution in [0.15, 0.2) is 36.4 Å². The number of urea groups is 1. The first-order valence-corrected chi connectivity index (χ1v) is 7.12. The van der Waals surface area contributed by atoms with Crippen LogP contribution < -0.4 is 29.6 Å². The van der Waals surface area contributed by atoms with Crippen molar-refractivity contribution in [3.63, 3.8) is 0 Å². The molecule has 0 aliphatic rings. The van der Waals surface area contributed by atoms with Crippen LogP contribution in [-0.4, -0.2) is 34.5 Å². The molecule has 0 bridgehead atoms. The lowest BCUT2D eigenvalue weighted by Gasteiger charge is -2.12. The molecule has 0 fully saturated rings. The van der Waals surface area contributed by atoms with Crippen LogP contribution in [0.4, 0.5) is 16.2 Å². The Hall–Kier alpha value is -3.09. The summed E-state index contributed by atoms with van der Waals surface area (Å²) in [6, 6.07) is 9.79. The molecule has 0 aliphatic carbocycles. The molecule has 0 radical (unpaired) electrons. The van der Waals surface area contributed by atoms with E-state index in [2.05, 4.69) is 10.6 Å². The molecule has 2 rings (SSSR count). The van der Waals surface area contributed by atoms with Gasteiger partial charge in [0.1, 0.15) is 11.5 Å². The highest BCUT2D eigenvalue weighted by Gasteiger charge is 2.09. The monoisotopic (exact) mass is 332 g/mol. The second-order valence-electron chi connectivity index (χ2n) is 4.75. The molecule has 0 aliphatic heterocycles. The summed E-state index contributed by atoms with van der Waals surface area (Å²) in [7, 11) is 6.17.